The van der Waals surface area contributed by atoms with E-state index in [1.807, 2.05) is 0 Å². The summed E-state index contributed by atoms with van der Waals surface area (Å²) in [5, 5.41) is 23.5. The maximum absolute atomic E-state index is 11.2. The fourth-order valence-corrected chi connectivity index (χ4v) is 2.06. The lowest BCUT2D eigenvalue weighted by Gasteiger charge is -2.34. The molecule has 1 saturated heterocycles. The van der Waals surface area contributed by atoms with Gasteiger partial charge in [0.25, 0.3) is 0 Å². The summed E-state index contributed by atoms with van der Waals surface area (Å²) in [4.78, 5) is 17.0. The summed E-state index contributed by atoms with van der Waals surface area (Å²) in [6.07, 6.45) is 3.10. The van der Waals surface area contributed by atoms with Crippen molar-refractivity contribution in [3.63, 3.8) is 0 Å². The van der Waals surface area contributed by atoms with Crippen LogP contribution in [0.25, 0.3) is 5.65 Å². The van der Waals surface area contributed by atoms with Gasteiger partial charge in [0.2, 0.25) is 0 Å². The van der Waals surface area contributed by atoms with Crippen molar-refractivity contribution in [3.8, 4) is 0 Å². The predicted molar refractivity (Wildman–Crippen MR) is 60.2 cm³/mol. The third-order valence-corrected chi connectivity index (χ3v) is 2.91. The van der Waals surface area contributed by atoms with Crippen LogP contribution in [-0.2, 0) is 4.79 Å². The van der Waals surface area contributed by atoms with Gasteiger partial charge in [-0.15, -0.1) is 5.10 Å². The van der Waals surface area contributed by atoms with Crippen molar-refractivity contribution < 1.29 is 9.90 Å². The molecule has 9 nitrogen and oxygen atoms in total. The van der Waals surface area contributed by atoms with Crippen LogP contribution in [0.4, 0.5) is 5.82 Å². The Balaban J connectivity index is 2.06. The van der Waals surface area contributed by atoms with Crippen LogP contribution >= 0.6 is 0 Å². The minimum absolute atomic E-state index is 0.383. The van der Waals surface area contributed by atoms with Gasteiger partial charge in [0, 0.05) is 19.6 Å². The first-order valence-electron chi connectivity index (χ1n) is 5.49. The molecule has 2 N–H and O–H groups in total. The van der Waals surface area contributed by atoms with Crippen LogP contribution in [-0.4, -0.2) is 61.8 Å². The van der Waals surface area contributed by atoms with Crippen molar-refractivity contribution in [2.24, 2.45) is 0 Å². The maximum atomic E-state index is 11.2. The molecule has 0 spiro atoms. The molecule has 9 heteroatoms. The van der Waals surface area contributed by atoms with E-state index in [9.17, 15) is 9.90 Å². The second-order valence-electron chi connectivity index (χ2n) is 3.97. The normalized spacial score (nSPS) is 20.2. The highest BCUT2D eigenvalue weighted by molar-refractivity contribution is 5.78. The molecule has 1 aliphatic rings. The number of aliphatic carboxylic acids is 1. The molecule has 2 aromatic rings. The van der Waals surface area contributed by atoms with Gasteiger partial charge in [0.1, 0.15) is 6.04 Å². The van der Waals surface area contributed by atoms with Crippen molar-refractivity contribution >= 4 is 17.4 Å². The molecule has 94 valence electrons. The average Bonchev–Trinajstić information content (AvgIpc) is 2.86. The van der Waals surface area contributed by atoms with Crippen molar-refractivity contribution in [3.05, 3.63) is 12.4 Å². The smallest absolute Gasteiger partial charge is 0.327 e. The Labute approximate surface area is 101 Å². The number of nitrogens with zero attached hydrogens (tertiary/aromatic N) is 6. The number of hydrogen-bond donors (Lipinski definition) is 2. The molecular weight excluding hydrogens is 238 g/mol. The number of carboxylic acid groups (broad SMARTS) is 1. The molecule has 3 heterocycles. The highest BCUT2D eigenvalue weighted by Crippen LogP contribution is 2.17. The predicted octanol–water partition coefficient (Wildman–Crippen LogP) is -1.62. The number of piperazine rings is 1. The molecule has 0 bridgehead atoms. The first-order valence-corrected chi connectivity index (χ1v) is 5.49. The van der Waals surface area contributed by atoms with E-state index >= 15 is 0 Å². The minimum atomic E-state index is -0.882. The second-order valence-corrected chi connectivity index (χ2v) is 3.97. The van der Waals surface area contributed by atoms with E-state index in [1.54, 1.807) is 11.1 Å². The summed E-state index contributed by atoms with van der Waals surface area (Å²) in [6, 6.07) is -0.643. The third kappa shape index (κ3) is 1.64. The van der Waals surface area contributed by atoms with Gasteiger partial charge < -0.3 is 15.3 Å². The molecule has 0 radical (unpaired) electrons. The summed E-state index contributed by atoms with van der Waals surface area (Å²) >= 11 is 0. The summed E-state index contributed by atoms with van der Waals surface area (Å²) in [6.45, 7) is 1.66. The molecule has 1 aliphatic heterocycles. The zero-order valence-corrected chi connectivity index (χ0v) is 9.39. The monoisotopic (exact) mass is 249 g/mol. The number of nitrogens with one attached hydrogen (secondary N) is 1. The summed E-state index contributed by atoms with van der Waals surface area (Å²) in [5.74, 6) is -0.293. The van der Waals surface area contributed by atoms with Crippen molar-refractivity contribution in [2.45, 2.75) is 6.04 Å². The van der Waals surface area contributed by atoms with Crippen LogP contribution in [0.1, 0.15) is 0 Å². The Morgan fingerprint density at radius 3 is 3.22 bits per heavy atom. The second kappa shape index (κ2) is 4.18. The molecule has 0 amide bonds. The third-order valence-electron chi connectivity index (χ3n) is 2.91. The van der Waals surface area contributed by atoms with Gasteiger partial charge in [-0.1, -0.05) is 0 Å². The van der Waals surface area contributed by atoms with Crippen LogP contribution < -0.4 is 10.2 Å². The highest BCUT2D eigenvalue weighted by Gasteiger charge is 2.30. The number of fused-ring (bicyclic) bond motifs is 1. The largest absolute Gasteiger partial charge is 0.480 e. The van der Waals surface area contributed by atoms with Gasteiger partial charge in [0.05, 0.1) is 12.4 Å². The summed E-state index contributed by atoms with van der Waals surface area (Å²) in [7, 11) is 0. The van der Waals surface area contributed by atoms with E-state index in [1.165, 1.54) is 10.7 Å². The molecule has 0 aromatic carbocycles. The van der Waals surface area contributed by atoms with Crippen molar-refractivity contribution in [1.82, 2.24) is 30.3 Å². The highest BCUT2D eigenvalue weighted by atomic mass is 16.4. The van der Waals surface area contributed by atoms with E-state index in [0.717, 1.165) is 0 Å². The Hall–Kier alpha value is -2.29. The zero-order chi connectivity index (χ0) is 12.5. The number of carbonyl (C=O) groups is 1. The maximum Gasteiger partial charge on any atom is 0.327 e. The van der Waals surface area contributed by atoms with Gasteiger partial charge in [-0.2, -0.15) is 4.52 Å². The Morgan fingerprint density at radius 2 is 2.39 bits per heavy atom. The molecule has 1 unspecified atom stereocenters. The Kier molecular flexibility index (Phi) is 2.52. The average molecular weight is 249 g/mol. The lowest BCUT2D eigenvalue weighted by atomic mass is 10.2. The first-order chi connectivity index (χ1) is 8.77. The molecule has 0 saturated carbocycles. The van der Waals surface area contributed by atoms with Gasteiger partial charge in [-0.05, 0) is 10.4 Å². The van der Waals surface area contributed by atoms with Gasteiger partial charge in [0.15, 0.2) is 11.5 Å². The SMILES string of the molecule is O=C(O)C1CNCCN1c1cncc2nnnn12. The van der Waals surface area contributed by atoms with E-state index < -0.39 is 12.0 Å². The quantitative estimate of drug-likeness (QED) is 0.654. The molecule has 2 aromatic heterocycles. The molecule has 0 aliphatic carbocycles. The molecule has 18 heavy (non-hydrogen) atoms. The van der Waals surface area contributed by atoms with E-state index in [2.05, 4.69) is 25.8 Å². The number of anilines is 1. The standard InChI is InChI=1S/C9H11N7O2/c17-9(18)6-3-10-1-2-15(6)8-5-11-4-7-12-13-14-16(7)8/h4-6,10H,1-3H2,(H,17,18). The lowest BCUT2D eigenvalue weighted by molar-refractivity contribution is -0.138. The van der Waals surface area contributed by atoms with E-state index in [-0.39, 0.29) is 0 Å². The first kappa shape index (κ1) is 10.8. The Morgan fingerprint density at radius 1 is 1.50 bits per heavy atom. The summed E-state index contributed by atoms with van der Waals surface area (Å²) in [5.41, 5.74) is 0.496. The molecule has 3 rings (SSSR count). The van der Waals surface area contributed by atoms with Crippen molar-refractivity contribution in [2.75, 3.05) is 24.5 Å². The number of carboxylic acids is 1. The number of rotatable bonds is 2. The summed E-state index contributed by atoms with van der Waals surface area (Å²) < 4.78 is 1.49. The van der Waals surface area contributed by atoms with Gasteiger partial charge >= 0.3 is 5.97 Å². The molecular formula is C9H11N7O2. The van der Waals surface area contributed by atoms with Crippen LogP contribution in [0.3, 0.4) is 0 Å². The van der Waals surface area contributed by atoms with E-state index in [0.29, 0.717) is 31.1 Å². The van der Waals surface area contributed by atoms with Crippen molar-refractivity contribution in [1.29, 1.82) is 0 Å². The number of hydrogen-bond acceptors (Lipinski definition) is 7. The number of tetrazole rings is 1. The van der Waals surface area contributed by atoms with Gasteiger partial charge in [-0.3, -0.25) is 4.98 Å². The lowest BCUT2D eigenvalue weighted by Crippen LogP contribution is -2.55. The van der Waals surface area contributed by atoms with Crippen LogP contribution in [0.15, 0.2) is 12.4 Å². The minimum Gasteiger partial charge on any atom is -0.480 e. The van der Waals surface area contributed by atoms with Crippen LogP contribution in [0, 0.1) is 0 Å². The number of aromatic nitrogens is 5. The van der Waals surface area contributed by atoms with Crippen LogP contribution in [0.5, 0.6) is 0 Å². The molecule has 1 atom stereocenters. The zero-order valence-electron chi connectivity index (χ0n) is 9.39. The van der Waals surface area contributed by atoms with Crippen LogP contribution in [0.2, 0.25) is 0 Å². The fraction of sp³-hybridized carbons (Fsp3) is 0.444. The fourth-order valence-electron chi connectivity index (χ4n) is 2.06. The topological polar surface area (TPSA) is 109 Å². The molecule has 1 fully saturated rings. The van der Waals surface area contributed by atoms with E-state index in [4.69, 9.17) is 0 Å². The Bertz CT molecular complexity index is 583. The van der Waals surface area contributed by atoms with Gasteiger partial charge in [-0.25, -0.2) is 4.79 Å².